The second-order valence-corrected chi connectivity index (χ2v) is 8.14. The molecule has 2 aromatic heterocycles. The molecule has 4 aromatic rings. The normalized spacial score (nSPS) is 13.4. The van der Waals surface area contributed by atoms with Gasteiger partial charge in [0.05, 0.1) is 28.0 Å². The summed E-state index contributed by atoms with van der Waals surface area (Å²) in [6, 6.07) is 14.8. The third-order valence-corrected chi connectivity index (χ3v) is 6.01. The van der Waals surface area contributed by atoms with Crippen LogP contribution in [0.4, 0.5) is 0 Å². The number of rotatable bonds is 7. The molecular weight excluding hydrogens is 410 g/mol. The van der Waals surface area contributed by atoms with Crippen LogP contribution < -0.4 is 10.9 Å². The summed E-state index contributed by atoms with van der Waals surface area (Å²) in [5, 5.41) is 3.65. The molecule has 2 heterocycles. The van der Waals surface area contributed by atoms with Gasteiger partial charge in [-0.15, -0.1) is 0 Å². The van der Waals surface area contributed by atoms with Crippen LogP contribution in [0.2, 0.25) is 0 Å². The van der Waals surface area contributed by atoms with Crippen LogP contribution in [-0.2, 0) is 11.3 Å². The third kappa shape index (κ3) is 4.29. The van der Waals surface area contributed by atoms with E-state index >= 15 is 0 Å². The molecule has 4 rings (SSSR count). The van der Waals surface area contributed by atoms with Crippen molar-refractivity contribution < 1.29 is 4.79 Å². The maximum atomic E-state index is 12.8. The van der Waals surface area contributed by atoms with Crippen LogP contribution in [0.3, 0.4) is 0 Å². The van der Waals surface area contributed by atoms with E-state index in [9.17, 15) is 9.59 Å². The van der Waals surface area contributed by atoms with Crippen LogP contribution in [-0.4, -0.2) is 25.4 Å². The number of carbonyl (C=O) groups excluding carboxylic acids is 1. The van der Waals surface area contributed by atoms with E-state index in [1.165, 1.54) is 4.57 Å². The molecule has 8 heteroatoms. The van der Waals surface area contributed by atoms with Crippen LogP contribution in [0.5, 0.6) is 0 Å². The van der Waals surface area contributed by atoms with Crippen LogP contribution >= 0.6 is 12.2 Å². The maximum Gasteiger partial charge on any atom is 0.262 e. The van der Waals surface area contributed by atoms with Gasteiger partial charge in [0.15, 0.2) is 4.77 Å². The van der Waals surface area contributed by atoms with Gasteiger partial charge >= 0.3 is 0 Å². The first-order valence-corrected chi connectivity index (χ1v) is 10.8. The van der Waals surface area contributed by atoms with Crippen molar-refractivity contribution in [3.8, 4) is 0 Å². The fraction of sp³-hybridized carbons (Fsp3) is 0.304. The van der Waals surface area contributed by atoms with Gasteiger partial charge in [-0.05, 0) is 42.4 Å². The standard InChI is InChI=1S/C23H25N5O2S/c1-3-14(2)20(21-24-17-10-6-7-11-18(17)25-21)27-19(29)12-13-28-22(30)15-8-4-5-9-16(15)26-23(28)31/h4-11,14,20H,3,12-13H2,1-2H3,(H,24,25)(H,26,31)(H,27,29). The van der Waals surface area contributed by atoms with Gasteiger partial charge in [0.2, 0.25) is 5.91 Å². The SMILES string of the molecule is CCC(C)C(NC(=O)CCn1c(=S)[nH]c2ccccc2c1=O)c1nc2ccccc2[nH]1. The average Bonchev–Trinajstić information content (AvgIpc) is 3.20. The number of para-hydroxylation sites is 3. The Kier molecular flexibility index (Phi) is 5.99. The van der Waals surface area contributed by atoms with Crippen molar-refractivity contribution in [2.24, 2.45) is 5.92 Å². The number of hydrogen-bond acceptors (Lipinski definition) is 4. The molecule has 2 atom stereocenters. The number of hydrogen-bond donors (Lipinski definition) is 3. The Morgan fingerprint density at radius 3 is 2.58 bits per heavy atom. The summed E-state index contributed by atoms with van der Waals surface area (Å²) in [7, 11) is 0. The van der Waals surface area contributed by atoms with Gasteiger partial charge in [0.1, 0.15) is 5.82 Å². The molecule has 0 aliphatic heterocycles. The van der Waals surface area contributed by atoms with Gasteiger partial charge in [-0.2, -0.15) is 0 Å². The zero-order valence-electron chi connectivity index (χ0n) is 17.5. The lowest BCUT2D eigenvalue weighted by Crippen LogP contribution is -2.34. The number of amides is 1. The predicted octanol–water partition coefficient (Wildman–Crippen LogP) is 4.23. The minimum Gasteiger partial charge on any atom is -0.346 e. The van der Waals surface area contributed by atoms with Gasteiger partial charge in [-0.25, -0.2) is 4.98 Å². The highest BCUT2D eigenvalue weighted by molar-refractivity contribution is 7.71. The molecule has 2 aromatic carbocycles. The van der Waals surface area contributed by atoms with Crippen molar-refractivity contribution in [3.63, 3.8) is 0 Å². The summed E-state index contributed by atoms with van der Waals surface area (Å²) >= 11 is 5.34. The number of carbonyl (C=O) groups is 1. The first-order chi connectivity index (χ1) is 15.0. The zero-order valence-corrected chi connectivity index (χ0v) is 18.3. The smallest absolute Gasteiger partial charge is 0.262 e. The van der Waals surface area contributed by atoms with Crippen LogP contribution in [0.1, 0.15) is 38.6 Å². The average molecular weight is 436 g/mol. The minimum absolute atomic E-state index is 0.142. The van der Waals surface area contributed by atoms with Crippen LogP contribution in [0.25, 0.3) is 21.9 Å². The molecule has 3 N–H and O–H groups in total. The van der Waals surface area contributed by atoms with Crippen molar-refractivity contribution in [2.45, 2.75) is 39.3 Å². The number of aromatic nitrogens is 4. The monoisotopic (exact) mass is 435 g/mol. The first kappa shape index (κ1) is 21.0. The largest absolute Gasteiger partial charge is 0.346 e. The van der Waals surface area contributed by atoms with E-state index in [0.717, 1.165) is 23.3 Å². The second kappa shape index (κ2) is 8.85. The van der Waals surface area contributed by atoms with Crippen LogP contribution in [0, 0.1) is 10.7 Å². The number of benzene rings is 2. The molecule has 0 radical (unpaired) electrons. The Hall–Kier alpha value is -3.26. The molecule has 7 nitrogen and oxygen atoms in total. The van der Waals surface area contributed by atoms with Gasteiger partial charge in [-0.1, -0.05) is 44.5 Å². The van der Waals surface area contributed by atoms with Crippen molar-refractivity contribution in [1.29, 1.82) is 0 Å². The molecule has 0 spiro atoms. The Balaban J connectivity index is 1.53. The highest BCUT2D eigenvalue weighted by atomic mass is 32.1. The molecule has 1 amide bonds. The quantitative estimate of drug-likeness (QED) is 0.379. The maximum absolute atomic E-state index is 12.8. The van der Waals surface area contributed by atoms with Gasteiger partial charge in [0, 0.05) is 13.0 Å². The fourth-order valence-corrected chi connectivity index (χ4v) is 3.98. The highest BCUT2D eigenvalue weighted by Crippen LogP contribution is 2.24. The van der Waals surface area contributed by atoms with E-state index in [-0.39, 0.29) is 36.4 Å². The predicted molar refractivity (Wildman–Crippen MR) is 124 cm³/mol. The minimum atomic E-state index is -0.243. The second-order valence-electron chi connectivity index (χ2n) is 7.75. The summed E-state index contributed by atoms with van der Waals surface area (Å²) in [5.74, 6) is 0.778. The van der Waals surface area contributed by atoms with E-state index in [1.54, 1.807) is 6.07 Å². The molecule has 0 bridgehead atoms. The first-order valence-electron chi connectivity index (χ1n) is 10.4. The molecule has 0 aliphatic rings. The number of nitrogens with zero attached hydrogens (tertiary/aromatic N) is 2. The topological polar surface area (TPSA) is 95.6 Å². The van der Waals surface area contributed by atoms with E-state index < -0.39 is 0 Å². The Labute approximate surface area is 184 Å². The van der Waals surface area contributed by atoms with E-state index in [4.69, 9.17) is 12.2 Å². The van der Waals surface area contributed by atoms with Gasteiger partial charge in [-0.3, -0.25) is 14.2 Å². The van der Waals surface area contributed by atoms with Gasteiger partial charge < -0.3 is 15.3 Å². The van der Waals surface area contributed by atoms with Crippen molar-refractivity contribution in [1.82, 2.24) is 24.8 Å². The molecule has 31 heavy (non-hydrogen) atoms. The molecule has 0 fully saturated rings. The number of H-pyrrole nitrogens is 2. The molecule has 2 unspecified atom stereocenters. The van der Waals surface area contributed by atoms with Crippen molar-refractivity contribution in [3.05, 3.63) is 69.5 Å². The lowest BCUT2D eigenvalue weighted by Gasteiger charge is -2.22. The van der Waals surface area contributed by atoms with Crippen molar-refractivity contribution >= 4 is 40.1 Å². The lowest BCUT2D eigenvalue weighted by atomic mass is 9.98. The van der Waals surface area contributed by atoms with E-state index in [1.807, 2.05) is 42.5 Å². The Morgan fingerprint density at radius 1 is 1.13 bits per heavy atom. The Morgan fingerprint density at radius 2 is 1.84 bits per heavy atom. The van der Waals surface area contributed by atoms with E-state index in [0.29, 0.717) is 15.7 Å². The number of aromatic amines is 2. The summed E-state index contributed by atoms with van der Waals surface area (Å²) in [6.45, 7) is 4.38. The summed E-state index contributed by atoms with van der Waals surface area (Å²) in [4.78, 5) is 36.7. The number of nitrogens with one attached hydrogen (secondary N) is 3. The van der Waals surface area contributed by atoms with Crippen LogP contribution in [0.15, 0.2) is 53.3 Å². The van der Waals surface area contributed by atoms with Gasteiger partial charge in [0.25, 0.3) is 5.56 Å². The molecule has 0 saturated heterocycles. The number of imidazole rings is 1. The number of fused-ring (bicyclic) bond motifs is 2. The fourth-order valence-electron chi connectivity index (χ4n) is 3.70. The zero-order chi connectivity index (χ0) is 22.0. The van der Waals surface area contributed by atoms with Crippen molar-refractivity contribution in [2.75, 3.05) is 0 Å². The molecule has 160 valence electrons. The molecular formula is C23H25N5O2S. The summed E-state index contributed by atoms with van der Waals surface area (Å²) < 4.78 is 1.75. The third-order valence-electron chi connectivity index (χ3n) is 5.68. The molecule has 0 aliphatic carbocycles. The highest BCUT2D eigenvalue weighted by Gasteiger charge is 2.23. The summed E-state index contributed by atoms with van der Waals surface area (Å²) in [6.07, 6.45) is 1.03. The molecule has 0 saturated carbocycles. The van der Waals surface area contributed by atoms with E-state index in [2.05, 4.69) is 34.1 Å². The Bertz CT molecular complexity index is 1320. The summed E-state index contributed by atoms with van der Waals surface area (Å²) in [5.41, 5.74) is 2.31. The lowest BCUT2D eigenvalue weighted by molar-refractivity contribution is -0.122.